The van der Waals surface area contributed by atoms with E-state index in [4.69, 9.17) is 9.47 Å². The van der Waals surface area contributed by atoms with E-state index in [1.807, 2.05) is 0 Å². The molecule has 1 aromatic carbocycles. The normalized spacial score (nSPS) is 16.0. The molecule has 0 radical (unpaired) electrons. The van der Waals surface area contributed by atoms with Crippen LogP contribution in [-0.4, -0.2) is 36.2 Å². The summed E-state index contributed by atoms with van der Waals surface area (Å²) in [6.07, 6.45) is 6.10. The molecule has 7 heteroatoms. The summed E-state index contributed by atoms with van der Waals surface area (Å²) in [6.45, 7) is 1.55. The van der Waals surface area contributed by atoms with Gasteiger partial charge in [-0.15, -0.1) is 0 Å². The second-order valence-electron chi connectivity index (χ2n) is 5.96. The minimum Gasteiger partial charge on any atom is -0.503 e. The van der Waals surface area contributed by atoms with Crippen LogP contribution in [0.5, 0.6) is 11.5 Å². The first-order valence-corrected chi connectivity index (χ1v) is 8.95. The van der Waals surface area contributed by atoms with Crippen LogP contribution < -0.4 is 10.1 Å². The first-order chi connectivity index (χ1) is 11.9. The first kappa shape index (κ1) is 19.3. The zero-order valence-electron chi connectivity index (χ0n) is 14.3. The van der Waals surface area contributed by atoms with E-state index in [9.17, 15) is 14.7 Å². The van der Waals surface area contributed by atoms with E-state index in [1.54, 1.807) is 19.1 Å². The number of halogens is 1. The Labute approximate surface area is 155 Å². The van der Waals surface area contributed by atoms with E-state index in [1.165, 1.54) is 19.3 Å². The molecule has 1 fully saturated rings. The van der Waals surface area contributed by atoms with Crippen LogP contribution in [0.4, 0.5) is 0 Å². The number of hydrogen-bond acceptors (Lipinski definition) is 5. The number of ether oxygens (including phenoxy) is 2. The van der Waals surface area contributed by atoms with Gasteiger partial charge in [0.05, 0.1) is 11.6 Å². The highest BCUT2D eigenvalue weighted by Crippen LogP contribution is 2.35. The monoisotopic (exact) mass is 411 g/mol. The lowest BCUT2D eigenvalue weighted by atomic mass is 10.2. The number of carbonyl (C=O) groups excluding carboxylic acids is 2. The molecule has 1 saturated carbocycles. The van der Waals surface area contributed by atoms with E-state index in [0.717, 1.165) is 25.7 Å². The third-order valence-corrected chi connectivity index (χ3v) is 4.65. The van der Waals surface area contributed by atoms with Crippen molar-refractivity contribution in [1.82, 2.24) is 5.32 Å². The molecule has 6 nitrogen and oxygen atoms in total. The van der Waals surface area contributed by atoms with E-state index >= 15 is 0 Å². The highest BCUT2D eigenvalue weighted by molar-refractivity contribution is 9.10. The largest absolute Gasteiger partial charge is 0.503 e. The highest BCUT2D eigenvalue weighted by Gasteiger charge is 2.22. The number of phenols is 1. The SMILES string of the molecule is COc1cc(/C=C/C(=O)O[C@H](C)C(=O)NC2CCCC2)cc(Br)c1O. The lowest BCUT2D eigenvalue weighted by molar-refractivity contribution is -0.150. The predicted molar refractivity (Wildman–Crippen MR) is 97.3 cm³/mol. The number of amides is 1. The summed E-state index contributed by atoms with van der Waals surface area (Å²) in [5.74, 6) is -0.619. The zero-order chi connectivity index (χ0) is 18.4. The molecule has 2 rings (SSSR count). The van der Waals surface area contributed by atoms with Gasteiger partial charge in [-0.2, -0.15) is 0 Å². The van der Waals surface area contributed by atoms with E-state index in [0.29, 0.717) is 10.0 Å². The topological polar surface area (TPSA) is 84.9 Å². The maximum atomic E-state index is 12.0. The highest BCUT2D eigenvalue weighted by atomic mass is 79.9. The molecule has 0 saturated heterocycles. The maximum Gasteiger partial charge on any atom is 0.331 e. The Morgan fingerprint density at radius 2 is 2.04 bits per heavy atom. The second kappa shape index (κ2) is 8.89. The average molecular weight is 412 g/mol. The predicted octanol–water partition coefficient (Wildman–Crippen LogP) is 3.17. The van der Waals surface area contributed by atoms with Crippen LogP contribution in [0.25, 0.3) is 6.08 Å². The summed E-state index contributed by atoms with van der Waals surface area (Å²) >= 11 is 3.21. The summed E-state index contributed by atoms with van der Waals surface area (Å²) in [4.78, 5) is 23.9. The molecule has 1 amide bonds. The maximum absolute atomic E-state index is 12.0. The van der Waals surface area contributed by atoms with Crippen LogP contribution in [0.2, 0.25) is 0 Å². The minimum absolute atomic E-state index is 0.0144. The molecule has 0 heterocycles. The second-order valence-corrected chi connectivity index (χ2v) is 6.81. The van der Waals surface area contributed by atoms with Crippen LogP contribution in [-0.2, 0) is 14.3 Å². The van der Waals surface area contributed by atoms with Crippen LogP contribution >= 0.6 is 15.9 Å². The molecule has 1 atom stereocenters. The number of methoxy groups -OCH3 is 1. The van der Waals surface area contributed by atoms with Crippen LogP contribution in [0.3, 0.4) is 0 Å². The molecule has 1 aliphatic carbocycles. The number of nitrogens with one attached hydrogen (secondary N) is 1. The number of hydrogen-bond donors (Lipinski definition) is 2. The molecular weight excluding hydrogens is 390 g/mol. The van der Waals surface area contributed by atoms with Gasteiger partial charge in [0.15, 0.2) is 17.6 Å². The van der Waals surface area contributed by atoms with E-state index in [-0.39, 0.29) is 23.4 Å². The van der Waals surface area contributed by atoms with Gasteiger partial charge in [0.1, 0.15) is 0 Å². The van der Waals surface area contributed by atoms with Crippen LogP contribution in [0.15, 0.2) is 22.7 Å². The quantitative estimate of drug-likeness (QED) is 0.554. The van der Waals surface area contributed by atoms with Crippen LogP contribution in [0, 0.1) is 0 Å². The Kier molecular flexibility index (Phi) is 6.87. The standard InChI is InChI=1S/C18H22BrNO5/c1-11(18(23)20-13-5-3-4-6-13)25-16(21)8-7-12-9-14(19)17(22)15(10-12)24-2/h7-11,13,22H,3-6H2,1-2H3,(H,20,23)/b8-7+/t11-/m1/s1. The van der Waals surface area contributed by atoms with Crippen molar-refractivity contribution >= 4 is 33.9 Å². The van der Waals surface area contributed by atoms with Gasteiger partial charge in [-0.05, 0) is 59.5 Å². The fourth-order valence-electron chi connectivity index (χ4n) is 2.67. The van der Waals surface area contributed by atoms with E-state index in [2.05, 4.69) is 21.2 Å². The number of esters is 1. The van der Waals surface area contributed by atoms with Gasteiger partial charge in [-0.25, -0.2) is 4.79 Å². The lowest BCUT2D eigenvalue weighted by Gasteiger charge is -2.16. The molecule has 136 valence electrons. The molecule has 1 aromatic rings. The van der Waals surface area contributed by atoms with Gasteiger partial charge in [0.25, 0.3) is 5.91 Å². The summed E-state index contributed by atoms with van der Waals surface area (Å²) in [5.41, 5.74) is 0.640. The molecule has 0 bridgehead atoms. The fraction of sp³-hybridized carbons (Fsp3) is 0.444. The summed E-state index contributed by atoms with van der Waals surface area (Å²) in [6, 6.07) is 3.41. The number of phenolic OH excluding ortho intramolecular Hbond substituents is 1. The van der Waals surface area contributed by atoms with Crippen molar-refractivity contribution in [3.63, 3.8) is 0 Å². The van der Waals surface area contributed by atoms with Crippen molar-refractivity contribution in [3.05, 3.63) is 28.2 Å². The number of rotatable bonds is 6. The van der Waals surface area contributed by atoms with Crippen molar-refractivity contribution in [2.45, 2.75) is 44.8 Å². The smallest absolute Gasteiger partial charge is 0.331 e. The van der Waals surface area contributed by atoms with Gasteiger partial charge in [-0.3, -0.25) is 4.79 Å². The summed E-state index contributed by atoms with van der Waals surface area (Å²) in [5, 5.41) is 12.7. The zero-order valence-corrected chi connectivity index (χ0v) is 15.8. The lowest BCUT2D eigenvalue weighted by Crippen LogP contribution is -2.40. The molecule has 0 aromatic heterocycles. The van der Waals surface area contributed by atoms with Gasteiger partial charge in [-0.1, -0.05) is 12.8 Å². The van der Waals surface area contributed by atoms with Gasteiger partial charge < -0.3 is 19.9 Å². The molecule has 2 N–H and O–H groups in total. The number of benzene rings is 1. The fourth-order valence-corrected chi connectivity index (χ4v) is 3.13. The summed E-state index contributed by atoms with van der Waals surface area (Å²) in [7, 11) is 1.44. The van der Waals surface area contributed by atoms with Gasteiger partial charge in [0, 0.05) is 12.1 Å². The Morgan fingerprint density at radius 3 is 2.68 bits per heavy atom. The molecule has 0 spiro atoms. The molecule has 0 unspecified atom stereocenters. The number of aromatic hydroxyl groups is 1. The average Bonchev–Trinajstić information content (AvgIpc) is 3.08. The van der Waals surface area contributed by atoms with Crippen molar-refractivity contribution in [2.24, 2.45) is 0 Å². The van der Waals surface area contributed by atoms with Gasteiger partial charge in [0.2, 0.25) is 0 Å². The Morgan fingerprint density at radius 1 is 1.36 bits per heavy atom. The Bertz CT molecular complexity index is 668. The first-order valence-electron chi connectivity index (χ1n) is 8.16. The Balaban J connectivity index is 1.91. The molecule has 0 aliphatic heterocycles. The van der Waals surface area contributed by atoms with Crippen molar-refractivity contribution in [1.29, 1.82) is 0 Å². The Hall–Kier alpha value is -2.02. The molecule has 1 aliphatic rings. The molecule has 25 heavy (non-hydrogen) atoms. The third kappa shape index (κ3) is 5.49. The molecular formula is C18H22BrNO5. The number of carbonyl (C=O) groups is 2. The van der Waals surface area contributed by atoms with Gasteiger partial charge >= 0.3 is 5.97 Å². The summed E-state index contributed by atoms with van der Waals surface area (Å²) < 4.78 is 10.6. The van der Waals surface area contributed by atoms with Crippen molar-refractivity contribution < 1.29 is 24.2 Å². The van der Waals surface area contributed by atoms with Crippen LogP contribution in [0.1, 0.15) is 38.2 Å². The third-order valence-electron chi connectivity index (χ3n) is 4.05. The van der Waals surface area contributed by atoms with Crippen molar-refractivity contribution in [2.75, 3.05) is 7.11 Å². The minimum atomic E-state index is -0.848. The van der Waals surface area contributed by atoms with Crippen molar-refractivity contribution in [3.8, 4) is 11.5 Å². The van der Waals surface area contributed by atoms with E-state index < -0.39 is 12.1 Å².